The van der Waals surface area contributed by atoms with Gasteiger partial charge in [0.2, 0.25) is 0 Å². The molecule has 26 heavy (non-hydrogen) atoms. The molecule has 0 saturated carbocycles. The van der Waals surface area contributed by atoms with Crippen LogP contribution in [-0.4, -0.2) is 22.4 Å². The number of carbonyl (C=O) groups is 1. The van der Waals surface area contributed by atoms with E-state index >= 15 is 0 Å². The molecule has 2 aromatic carbocycles. The summed E-state index contributed by atoms with van der Waals surface area (Å²) < 4.78 is 5.79. The molecule has 2 rings (SSSR count). The van der Waals surface area contributed by atoms with E-state index in [0.717, 1.165) is 5.56 Å². The number of benzene rings is 2. The molecule has 0 aliphatic carbocycles. The van der Waals surface area contributed by atoms with Crippen molar-refractivity contribution in [3.8, 4) is 11.8 Å². The van der Waals surface area contributed by atoms with E-state index in [0.29, 0.717) is 22.9 Å². The van der Waals surface area contributed by atoms with Crippen LogP contribution in [0, 0.1) is 11.3 Å². The van der Waals surface area contributed by atoms with Crippen LogP contribution in [0.25, 0.3) is 0 Å². The number of amides is 1. The molecule has 0 aliphatic rings. The number of rotatable bonds is 5. The molecule has 1 atom stereocenters. The van der Waals surface area contributed by atoms with Gasteiger partial charge in [0.15, 0.2) is 6.10 Å². The summed E-state index contributed by atoms with van der Waals surface area (Å²) in [6.45, 7) is 8.19. The van der Waals surface area contributed by atoms with Crippen molar-refractivity contribution >= 4 is 17.5 Å². The zero-order valence-electron chi connectivity index (χ0n) is 15.5. The highest BCUT2D eigenvalue weighted by atomic mass is 35.5. The highest BCUT2D eigenvalue weighted by molar-refractivity contribution is 6.32. The average Bonchev–Trinajstić information content (AvgIpc) is 2.60. The molecule has 0 N–H and O–H groups in total. The van der Waals surface area contributed by atoms with Crippen LogP contribution in [0.1, 0.15) is 38.8 Å². The van der Waals surface area contributed by atoms with Gasteiger partial charge in [-0.25, -0.2) is 0 Å². The molecule has 0 aliphatic heterocycles. The molecule has 0 fully saturated rings. The van der Waals surface area contributed by atoms with Crippen molar-refractivity contribution in [3.63, 3.8) is 0 Å². The topological polar surface area (TPSA) is 53.3 Å². The molecule has 1 amide bonds. The first-order valence-electron chi connectivity index (χ1n) is 8.44. The van der Waals surface area contributed by atoms with Gasteiger partial charge >= 0.3 is 0 Å². The molecule has 0 saturated heterocycles. The van der Waals surface area contributed by atoms with E-state index in [1.807, 2.05) is 57.2 Å². The van der Waals surface area contributed by atoms with E-state index in [1.165, 1.54) is 6.07 Å². The van der Waals surface area contributed by atoms with Gasteiger partial charge in [0, 0.05) is 12.1 Å². The van der Waals surface area contributed by atoms with Crippen molar-refractivity contribution in [2.75, 3.05) is 0 Å². The van der Waals surface area contributed by atoms with Gasteiger partial charge in [-0.1, -0.05) is 41.9 Å². The first-order valence-corrected chi connectivity index (χ1v) is 8.82. The van der Waals surface area contributed by atoms with Crippen LogP contribution < -0.4 is 4.74 Å². The van der Waals surface area contributed by atoms with Crippen LogP contribution in [-0.2, 0) is 11.3 Å². The minimum atomic E-state index is -0.705. The summed E-state index contributed by atoms with van der Waals surface area (Å²) in [5, 5.41) is 9.23. The van der Waals surface area contributed by atoms with E-state index in [2.05, 4.69) is 0 Å². The van der Waals surface area contributed by atoms with Crippen LogP contribution in [0.2, 0.25) is 5.02 Å². The minimum Gasteiger partial charge on any atom is -0.479 e. The quantitative estimate of drug-likeness (QED) is 0.759. The fourth-order valence-corrected chi connectivity index (χ4v) is 2.76. The zero-order valence-corrected chi connectivity index (χ0v) is 16.2. The number of carbonyl (C=O) groups excluding carboxylic acids is 1. The van der Waals surface area contributed by atoms with Crippen molar-refractivity contribution in [3.05, 3.63) is 64.7 Å². The molecule has 0 radical (unpaired) electrons. The van der Waals surface area contributed by atoms with Crippen LogP contribution >= 0.6 is 11.6 Å². The third-order valence-electron chi connectivity index (χ3n) is 3.97. The third kappa shape index (κ3) is 5.00. The Kier molecular flexibility index (Phi) is 6.28. The molecular formula is C21H23ClN2O2. The Balaban J connectivity index is 2.18. The molecule has 0 unspecified atom stereocenters. The molecule has 0 aromatic heterocycles. The van der Waals surface area contributed by atoms with Crippen molar-refractivity contribution in [2.45, 2.75) is 45.9 Å². The van der Waals surface area contributed by atoms with Gasteiger partial charge in [0.05, 0.1) is 16.7 Å². The van der Waals surface area contributed by atoms with Crippen molar-refractivity contribution in [1.82, 2.24) is 4.90 Å². The Morgan fingerprint density at radius 1 is 1.23 bits per heavy atom. The lowest BCUT2D eigenvalue weighted by Crippen LogP contribution is -2.50. The smallest absolute Gasteiger partial charge is 0.264 e. The normalized spacial score (nSPS) is 12.2. The van der Waals surface area contributed by atoms with Gasteiger partial charge in [-0.05, 0) is 51.5 Å². The van der Waals surface area contributed by atoms with E-state index in [1.54, 1.807) is 24.0 Å². The Bertz CT molecular complexity index is 807. The molecule has 5 heteroatoms. The summed E-state index contributed by atoms with van der Waals surface area (Å²) in [6, 6.07) is 16.6. The monoisotopic (exact) mass is 370 g/mol. The summed E-state index contributed by atoms with van der Waals surface area (Å²) in [5.41, 5.74) is 1.14. The summed E-state index contributed by atoms with van der Waals surface area (Å²) in [7, 11) is 0. The lowest BCUT2D eigenvalue weighted by molar-refractivity contribution is -0.143. The second kappa shape index (κ2) is 8.25. The Morgan fingerprint density at radius 2 is 1.88 bits per heavy atom. The lowest BCUT2D eigenvalue weighted by Gasteiger charge is -2.37. The van der Waals surface area contributed by atoms with Gasteiger partial charge in [-0.3, -0.25) is 4.79 Å². The predicted molar refractivity (Wildman–Crippen MR) is 103 cm³/mol. The fraction of sp³-hybridized carbons (Fsp3) is 0.333. The number of ether oxygens (including phenoxy) is 1. The van der Waals surface area contributed by atoms with Crippen LogP contribution in [0.3, 0.4) is 0 Å². The molecule has 136 valence electrons. The fourth-order valence-electron chi connectivity index (χ4n) is 2.54. The summed E-state index contributed by atoms with van der Waals surface area (Å²) >= 11 is 6.16. The zero-order chi connectivity index (χ0) is 19.3. The van der Waals surface area contributed by atoms with Gasteiger partial charge < -0.3 is 9.64 Å². The molecule has 0 heterocycles. The van der Waals surface area contributed by atoms with Gasteiger partial charge in [-0.15, -0.1) is 0 Å². The SMILES string of the molecule is C[C@H](Oc1ccc(C#N)cc1Cl)C(=O)N(Cc1ccccc1)C(C)(C)C. The summed E-state index contributed by atoms with van der Waals surface area (Å²) in [5.74, 6) is 0.266. The summed E-state index contributed by atoms with van der Waals surface area (Å²) in [6.07, 6.45) is -0.705. The number of nitriles is 1. The first-order chi connectivity index (χ1) is 12.2. The standard InChI is InChI=1S/C21H23ClN2O2/c1-15(26-19-11-10-17(13-23)12-18(19)22)20(25)24(21(2,3)4)14-16-8-6-5-7-9-16/h5-12,15H,14H2,1-4H3/t15-/m0/s1. The number of hydrogen-bond donors (Lipinski definition) is 0. The second-order valence-corrected chi connectivity index (χ2v) is 7.51. The highest BCUT2D eigenvalue weighted by Gasteiger charge is 2.31. The molecule has 0 spiro atoms. The van der Waals surface area contributed by atoms with Crippen molar-refractivity contribution < 1.29 is 9.53 Å². The Morgan fingerprint density at radius 3 is 2.42 bits per heavy atom. The predicted octanol–water partition coefficient (Wildman–Crippen LogP) is 4.81. The number of hydrogen-bond acceptors (Lipinski definition) is 3. The maximum Gasteiger partial charge on any atom is 0.264 e. The van der Waals surface area contributed by atoms with E-state index in [-0.39, 0.29) is 11.4 Å². The highest BCUT2D eigenvalue weighted by Crippen LogP contribution is 2.27. The molecule has 4 nitrogen and oxygen atoms in total. The minimum absolute atomic E-state index is 0.123. The Hall–Kier alpha value is -2.51. The molecular weight excluding hydrogens is 348 g/mol. The van der Waals surface area contributed by atoms with Gasteiger partial charge in [0.1, 0.15) is 5.75 Å². The van der Waals surface area contributed by atoms with E-state index in [9.17, 15) is 4.79 Å². The third-order valence-corrected chi connectivity index (χ3v) is 4.27. The van der Waals surface area contributed by atoms with E-state index < -0.39 is 6.10 Å². The maximum atomic E-state index is 13.0. The van der Waals surface area contributed by atoms with Crippen LogP contribution in [0.5, 0.6) is 5.75 Å². The first kappa shape index (κ1) is 19.8. The van der Waals surface area contributed by atoms with Crippen molar-refractivity contribution in [1.29, 1.82) is 5.26 Å². The Labute approximate surface area is 160 Å². The lowest BCUT2D eigenvalue weighted by atomic mass is 10.0. The van der Waals surface area contributed by atoms with Gasteiger partial charge in [0.25, 0.3) is 5.91 Å². The molecule has 0 bridgehead atoms. The van der Waals surface area contributed by atoms with Crippen LogP contribution in [0.15, 0.2) is 48.5 Å². The number of nitrogens with zero attached hydrogens (tertiary/aromatic N) is 2. The van der Waals surface area contributed by atoms with Crippen molar-refractivity contribution in [2.24, 2.45) is 0 Å². The molecule has 2 aromatic rings. The second-order valence-electron chi connectivity index (χ2n) is 7.10. The number of halogens is 1. The maximum absolute atomic E-state index is 13.0. The van der Waals surface area contributed by atoms with Crippen LogP contribution in [0.4, 0.5) is 0 Å². The van der Waals surface area contributed by atoms with Gasteiger partial charge in [-0.2, -0.15) is 5.26 Å². The van der Waals surface area contributed by atoms with E-state index in [4.69, 9.17) is 21.6 Å². The summed E-state index contributed by atoms with van der Waals surface area (Å²) in [4.78, 5) is 14.8. The largest absolute Gasteiger partial charge is 0.479 e. The average molecular weight is 371 g/mol.